The number of hydrogen-bond donors (Lipinski definition) is 1. The van der Waals surface area contributed by atoms with Crippen molar-refractivity contribution in [2.75, 3.05) is 0 Å². The van der Waals surface area contributed by atoms with Gasteiger partial charge in [-0.3, -0.25) is 4.57 Å². The minimum absolute atomic E-state index is 0.639. The standard InChI is InChI=1S/C12H16O.C3H6O.H3O2P/c1-2-6-11-7-3-4-8-12(11)9-5-10-13;1-2-3-4;1-3-2/h3-4,7-8,10H,2,5-6,9H2,1H3;3H,2H2,1H3;3H2,(H,1,2). The zero-order valence-corrected chi connectivity index (χ0v) is 13.4. The Bertz CT molecular complexity index is 367. The van der Waals surface area contributed by atoms with Crippen LogP contribution in [0.2, 0.25) is 0 Å². The van der Waals surface area contributed by atoms with Gasteiger partial charge in [-0.15, -0.1) is 0 Å². The maximum atomic E-state index is 10.2. The van der Waals surface area contributed by atoms with Crippen molar-refractivity contribution in [3.8, 4) is 0 Å². The van der Waals surface area contributed by atoms with E-state index in [2.05, 4.69) is 25.1 Å². The van der Waals surface area contributed by atoms with Crippen LogP contribution in [0.15, 0.2) is 24.3 Å². The van der Waals surface area contributed by atoms with E-state index in [1.807, 2.05) is 13.0 Å². The second-order valence-corrected chi connectivity index (χ2v) is 4.12. The van der Waals surface area contributed by atoms with Gasteiger partial charge in [-0.25, -0.2) is 0 Å². The molecule has 0 aliphatic rings. The molecule has 0 bridgehead atoms. The number of hydrogen-bond acceptors (Lipinski definition) is 3. The fourth-order valence-electron chi connectivity index (χ4n) is 1.53. The van der Waals surface area contributed by atoms with E-state index in [0.717, 1.165) is 31.8 Å². The van der Waals surface area contributed by atoms with Crippen LogP contribution >= 0.6 is 8.69 Å². The van der Waals surface area contributed by atoms with Crippen LogP contribution in [-0.4, -0.2) is 17.5 Å². The van der Waals surface area contributed by atoms with Gasteiger partial charge in [0.05, 0.1) is 0 Å². The molecule has 0 fully saturated rings. The van der Waals surface area contributed by atoms with Crippen molar-refractivity contribution in [2.45, 2.75) is 46.0 Å². The molecule has 0 aromatic heterocycles. The normalized spacial score (nSPS) is 9.15. The highest BCUT2D eigenvalue weighted by atomic mass is 31.1. The second kappa shape index (κ2) is 17.8. The molecule has 1 atom stereocenters. The summed E-state index contributed by atoms with van der Waals surface area (Å²) in [6, 6.07) is 8.38. The monoisotopic (exact) mass is 300 g/mol. The predicted molar refractivity (Wildman–Crippen MR) is 83.8 cm³/mol. The van der Waals surface area contributed by atoms with E-state index in [-0.39, 0.29) is 0 Å². The van der Waals surface area contributed by atoms with Crippen LogP contribution in [0.1, 0.15) is 44.2 Å². The topological polar surface area (TPSA) is 71.4 Å². The Hall–Kier alpha value is -1.25. The third-order valence-corrected chi connectivity index (χ3v) is 2.34. The number of rotatable bonds is 6. The Morgan fingerprint density at radius 3 is 1.85 bits per heavy atom. The Labute approximate surface area is 122 Å². The van der Waals surface area contributed by atoms with Crippen LogP contribution in [-0.2, 0) is 27.0 Å². The molecule has 0 aliphatic carbocycles. The van der Waals surface area contributed by atoms with Gasteiger partial charge in [0.25, 0.3) is 0 Å². The lowest BCUT2D eigenvalue weighted by atomic mass is 10.00. The fourth-order valence-corrected chi connectivity index (χ4v) is 1.53. The summed E-state index contributed by atoms with van der Waals surface area (Å²) >= 11 is 0. The minimum atomic E-state index is -1.50. The number of carbonyl (C=O) groups excluding carboxylic acids is 2. The highest BCUT2D eigenvalue weighted by Gasteiger charge is 1.99. The molecule has 0 saturated heterocycles. The van der Waals surface area contributed by atoms with E-state index in [4.69, 9.17) is 9.46 Å². The highest BCUT2D eigenvalue weighted by molar-refractivity contribution is 7.16. The molecule has 0 amide bonds. The Balaban J connectivity index is 0. The zero-order chi connectivity index (χ0) is 15.6. The van der Waals surface area contributed by atoms with E-state index in [1.54, 1.807) is 0 Å². The van der Waals surface area contributed by atoms with Crippen LogP contribution in [0.3, 0.4) is 0 Å². The second-order valence-electron chi connectivity index (χ2n) is 3.90. The van der Waals surface area contributed by atoms with Gasteiger partial charge in [-0.1, -0.05) is 44.5 Å². The van der Waals surface area contributed by atoms with Crippen LogP contribution in [0.4, 0.5) is 0 Å². The number of carbonyl (C=O) groups is 2. The van der Waals surface area contributed by atoms with Crippen LogP contribution in [0.25, 0.3) is 0 Å². The molecule has 114 valence electrons. The van der Waals surface area contributed by atoms with Gasteiger partial charge in [0.2, 0.25) is 0 Å². The first kappa shape index (κ1) is 21.1. The van der Waals surface area contributed by atoms with E-state index in [9.17, 15) is 9.59 Å². The summed E-state index contributed by atoms with van der Waals surface area (Å²) in [5.74, 6) is 0. The summed E-state index contributed by atoms with van der Waals surface area (Å²) in [5.41, 5.74) is 2.73. The Kier molecular flexibility index (Phi) is 18.7. The van der Waals surface area contributed by atoms with Gasteiger partial charge >= 0.3 is 0 Å². The van der Waals surface area contributed by atoms with E-state index in [1.165, 1.54) is 11.1 Å². The molecule has 5 heteroatoms. The van der Waals surface area contributed by atoms with Gasteiger partial charge in [0, 0.05) is 12.8 Å². The summed E-state index contributed by atoms with van der Waals surface area (Å²) in [5, 5.41) is 0. The molecule has 0 heterocycles. The molecular formula is C15H25O4P. The average molecular weight is 300 g/mol. The molecule has 0 aliphatic heterocycles. The van der Waals surface area contributed by atoms with Crippen LogP contribution in [0.5, 0.6) is 0 Å². The molecule has 4 nitrogen and oxygen atoms in total. The average Bonchev–Trinajstić information content (AvgIpc) is 2.48. The SMILES string of the molecule is CCC=O.CCCc1ccccc1CCC=O.O=[PH2]O. The molecule has 0 radical (unpaired) electrons. The maximum absolute atomic E-state index is 10.2. The Morgan fingerprint density at radius 2 is 1.50 bits per heavy atom. The molecule has 1 unspecified atom stereocenters. The molecule has 0 saturated carbocycles. The quantitative estimate of drug-likeness (QED) is 0.647. The summed E-state index contributed by atoms with van der Waals surface area (Å²) in [6.07, 6.45) is 6.32. The first-order valence-electron chi connectivity index (χ1n) is 6.73. The van der Waals surface area contributed by atoms with Gasteiger partial charge in [-0.05, 0) is 24.0 Å². The summed E-state index contributed by atoms with van der Waals surface area (Å²) in [7, 11) is -1.50. The Morgan fingerprint density at radius 1 is 1.05 bits per heavy atom. The van der Waals surface area contributed by atoms with Crippen LogP contribution < -0.4 is 0 Å². The third-order valence-electron chi connectivity index (χ3n) is 2.34. The van der Waals surface area contributed by atoms with Crippen molar-refractivity contribution in [3.05, 3.63) is 35.4 Å². The van der Waals surface area contributed by atoms with Crippen molar-refractivity contribution in [1.29, 1.82) is 0 Å². The molecular weight excluding hydrogens is 275 g/mol. The van der Waals surface area contributed by atoms with E-state index < -0.39 is 8.69 Å². The summed E-state index contributed by atoms with van der Waals surface area (Å²) in [4.78, 5) is 26.5. The number of benzene rings is 1. The molecule has 0 spiro atoms. The zero-order valence-electron chi connectivity index (χ0n) is 12.2. The van der Waals surface area contributed by atoms with Gasteiger partial charge in [0.1, 0.15) is 12.6 Å². The number of aryl methyl sites for hydroxylation is 2. The summed E-state index contributed by atoms with van der Waals surface area (Å²) < 4.78 is 8.57. The molecule has 20 heavy (non-hydrogen) atoms. The molecule has 1 aromatic rings. The van der Waals surface area contributed by atoms with Crippen LogP contribution in [0, 0.1) is 0 Å². The third kappa shape index (κ3) is 13.2. The van der Waals surface area contributed by atoms with Gasteiger partial charge in [0.15, 0.2) is 8.69 Å². The predicted octanol–water partition coefficient (Wildman–Crippen LogP) is 3.02. The molecule has 1 rings (SSSR count). The van der Waals surface area contributed by atoms with Crippen molar-refractivity contribution >= 4 is 21.3 Å². The first-order valence-corrected chi connectivity index (χ1v) is 7.72. The minimum Gasteiger partial charge on any atom is -0.348 e. The lowest BCUT2D eigenvalue weighted by Gasteiger charge is -2.05. The first-order chi connectivity index (χ1) is 9.71. The van der Waals surface area contributed by atoms with E-state index in [0.29, 0.717) is 12.8 Å². The van der Waals surface area contributed by atoms with Crippen molar-refractivity contribution in [1.82, 2.24) is 0 Å². The van der Waals surface area contributed by atoms with Crippen molar-refractivity contribution in [2.24, 2.45) is 0 Å². The largest absolute Gasteiger partial charge is 0.348 e. The molecule has 1 aromatic carbocycles. The lowest BCUT2D eigenvalue weighted by molar-refractivity contribution is -0.108. The fraction of sp³-hybridized carbons (Fsp3) is 0.467. The maximum Gasteiger partial charge on any atom is 0.177 e. The van der Waals surface area contributed by atoms with Crippen molar-refractivity contribution in [3.63, 3.8) is 0 Å². The number of aldehydes is 2. The lowest BCUT2D eigenvalue weighted by Crippen LogP contribution is -1.94. The van der Waals surface area contributed by atoms with Gasteiger partial charge < -0.3 is 14.5 Å². The highest BCUT2D eigenvalue weighted by Crippen LogP contribution is 2.12. The van der Waals surface area contributed by atoms with E-state index >= 15 is 0 Å². The van der Waals surface area contributed by atoms with Gasteiger partial charge in [-0.2, -0.15) is 0 Å². The summed E-state index contributed by atoms with van der Waals surface area (Å²) in [6.45, 7) is 3.99. The molecule has 1 N–H and O–H groups in total. The van der Waals surface area contributed by atoms with Crippen molar-refractivity contribution < 1.29 is 19.0 Å². The smallest absolute Gasteiger partial charge is 0.177 e.